The van der Waals surface area contributed by atoms with Gasteiger partial charge in [0.05, 0.1) is 0 Å². The van der Waals surface area contributed by atoms with Crippen LogP contribution in [0.1, 0.15) is 29.7 Å². The molecule has 1 unspecified atom stereocenters. The fourth-order valence-electron chi connectivity index (χ4n) is 2.46. The van der Waals surface area contributed by atoms with Crippen molar-refractivity contribution in [2.45, 2.75) is 26.3 Å². The molecule has 0 spiro atoms. The molecule has 21 heavy (non-hydrogen) atoms. The summed E-state index contributed by atoms with van der Waals surface area (Å²) in [4.78, 5) is 0. The zero-order valence-electron chi connectivity index (χ0n) is 12.1. The average molecular weight is 371 g/mol. The summed E-state index contributed by atoms with van der Waals surface area (Å²) in [5.74, 6) is -0.216. The molecule has 0 radical (unpaired) electrons. The van der Waals surface area contributed by atoms with Crippen molar-refractivity contribution in [2.75, 3.05) is 6.54 Å². The average Bonchev–Trinajstić information content (AvgIpc) is 2.45. The van der Waals surface area contributed by atoms with Crippen molar-refractivity contribution in [3.05, 3.63) is 68.4 Å². The number of hydrogen-bond donors (Lipinski definition) is 1. The molecule has 0 aromatic heterocycles. The Morgan fingerprint density at radius 3 is 2.76 bits per heavy atom. The van der Waals surface area contributed by atoms with Gasteiger partial charge in [-0.15, -0.1) is 0 Å². The summed E-state index contributed by atoms with van der Waals surface area (Å²) in [6.45, 7) is 4.92. The molecule has 0 aliphatic heterocycles. The number of halogens is 3. The topological polar surface area (TPSA) is 12.0 Å². The second-order valence-electron chi connectivity index (χ2n) is 5.00. The minimum atomic E-state index is -0.216. The minimum Gasteiger partial charge on any atom is -0.310 e. The van der Waals surface area contributed by atoms with Gasteiger partial charge in [0.15, 0.2) is 0 Å². The van der Waals surface area contributed by atoms with Crippen molar-refractivity contribution in [1.29, 1.82) is 0 Å². The Labute approximate surface area is 138 Å². The van der Waals surface area contributed by atoms with Gasteiger partial charge in [-0.05, 0) is 60.8 Å². The molecule has 1 N–H and O–H groups in total. The van der Waals surface area contributed by atoms with Crippen LogP contribution in [0.3, 0.4) is 0 Å². The molecule has 0 aliphatic carbocycles. The van der Waals surface area contributed by atoms with Crippen LogP contribution < -0.4 is 5.32 Å². The van der Waals surface area contributed by atoms with E-state index in [1.165, 1.54) is 6.07 Å². The highest BCUT2D eigenvalue weighted by atomic mass is 79.9. The molecule has 112 valence electrons. The molecule has 0 amide bonds. The van der Waals surface area contributed by atoms with E-state index in [2.05, 4.69) is 34.2 Å². The lowest BCUT2D eigenvalue weighted by Crippen LogP contribution is -2.24. The van der Waals surface area contributed by atoms with E-state index < -0.39 is 0 Å². The maximum atomic E-state index is 13.5. The molecule has 0 aliphatic rings. The highest BCUT2D eigenvalue weighted by molar-refractivity contribution is 9.10. The highest BCUT2D eigenvalue weighted by Gasteiger charge is 2.16. The lowest BCUT2D eigenvalue weighted by Gasteiger charge is -2.21. The highest BCUT2D eigenvalue weighted by Crippen LogP contribution is 2.29. The van der Waals surface area contributed by atoms with Crippen LogP contribution in [0.2, 0.25) is 5.02 Å². The molecule has 0 bridgehead atoms. The zero-order chi connectivity index (χ0) is 15.4. The number of likely N-dealkylation sites (N-methyl/N-ethyl adjacent to an activating group) is 1. The molecule has 0 saturated carbocycles. The third-order valence-corrected chi connectivity index (χ3v) is 4.75. The Morgan fingerprint density at radius 2 is 2.05 bits per heavy atom. The lowest BCUT2D eigenvalue weighted by molar-refractivity contribution is 0.543. The molecule has 0 heterocycles. The summed E-state index contributed by atoms with van der Waals surface area (Å²) in [6.07, 6.45) is 0.702. The van der Waals surface area contributed by atoms with Crippen LogP contribution in [0.4, 0.5) is 4.39 Å². The predicted molar refractivity (Wildman–Crippen MR) is 90.4 cm³/mol. The fraction of sp³-hybridized carbons (Fsp3) is 0.294. The Balaban J connectivity index is 2.35. The molecule has 4 heteroatoms. The van der Waals surface area contributed by atoms with Gasteiger partial charge in [-0.25, -0.2) is 4.39 Å². The van der Waals surface area contributed by atoms with Crippen LogP contribution in [-0.4, -0.2) is 6.54 Å². The first-order valence-electron chi connectivity index (χ1n) is 6.95. The Bertz CT molecular complexity index is 630. The molecule has 0 saturated heterocycles. The summed E-state index contributed by atoms with van der Waals surface area (Å²) in [5, 5.41) is 4.22. The summed E-state index contributed by atoms with van der Waals surface area (Å²) < 4.78 is 14.4. The maximum Gasteiger partial charge on any atom is 0.123 e. The van der Waals surface area contributed by atoms with Gasteiger partial charge in [0, 0.05) is 15.5 Å². The minimum absolute atomic E-state index is 0.104. The monoisotopic (exact) mass is 369 g/mol. The van der Waals surface area contributed by atoms with E-state index in [0.29, 0.717) is 6.42 Å². The second kappa shape index (κ2) is 7.39. The van der Waals surface area contributed by atoms with Crippen molar-refractivity contribution >= 4 is 27.5 Å². The number of rotatable bonds is 5. The van der Waals surface area contributed by atoms with Crippen molar-refractivity contribution < 1.29 is 4.39 Å². The second-order valence-corrected chi connectivity index (χ2v) is 6.27. The van der Waals surface area contributed by atoms with E-state index in [4.69, 9.17) is 11.6 Å². The van der Waals surface area contributed by atoms with Crippen LogP contribution in [0.5, 0.6) is 0 Å². The molecule has 2 aromatic rings. The normalized spacial score (nSPS) is 12.4. The fourth-order valence-corrected chi connectivity index (χ4v) is 3.05. The van der Waals surface area contributed by atoms with Gasteiger partial charge in [-0.1, -0.05) is 46.6 Å². The van der Waals surface area contributed by atoms with Gasteiger partial charge in [-0.3, -0.25) is 0 Å². The lowest BCUT2D eigenvalue weighted by atomic mass is 9.95. The molecule has 0 fully saturated rings. The molecular formula is C17H18BrClFN. The van der Waals surface area contributed by atoms with E-state index >= 15 is 0 Å². The van der Waals surface area contributed by atoms with Crippen LogP contribution >= 0.6 is 27.5 Å². The Hall–Kier alpha value is -0.900. The predicted octanol–water partition coefficient (Wildman–Crippen LogP) is 5.44. The van der Waals surface area contributed by atoms with Crippen molar-refractivity contribution in [3.63, 3.8) is 0 Å². The molecule has 1 nitrogen and oxygen atoms in total. The van der Waals surface area contributed by atoms with E-state index in [9.17, 15) is 4.39 Å². The molecular weight excluding hydrogens is 353 g/mol. The summed E-state index contributed by atoms with van der Waals surface area (Å²) in [7, 11) is 0. The smallest absolute Gasteiger partial charge is 0.123 e. The van der Waals surface area contributed by atoms with E-state index in [0.717, 1.165) is 32.7 Å². The van der Waals surface area contributed by atoms with Crippen LogP contribution in [0.15, 0.2) is 40.9 Å². The Kier molecular flexibility index (Phi) is 5.80. The first-order chi connectivity index (χ1) is 10.0. The van der Waals surface area contributed by atoms with Gasteiger partial charge in [0.25, 0.3) is 0 Å². The summed E-state index contributed by atoms with van der Waals surface area (Å²) in [6, 6.07) is 10.8. The zero-order valence-corrected chi connectivity index (χ0v) is 14.4. The molecule has 2 rings (SSSR count). The van der Waals surface area contributed by atoms with Crippen molar-refractivity contribution in [2.24, 2.45) is 0 Å². The first kappa shape index (κ1) is 16.5. The standard InChI is InChI=1S/C17H18BrClFN/c1-3-21-17(14-5-4-6-16(19)11(14)2)10-12-9-13(20)7-8-15(12)18/h4-9,17,21H,3,10H2,1-2H3. The summed E-state index contributed by atoms with van der Waals surface area (Å²) in [5.41, 5.74) is 3.17. The third-order valence-electron chi connectivity index (χ3n) is 3.57. The number of hydrogen-bond acceptors (Lipinski definition) is 1. The quantitative estimate of drug-likeness (QED) is 0.738. The molecule has 1 atom stereocenters. The Morgan fingerprint density at radius 1 is 1.29 bits per heavy atom. The third kappa shape index (κ3) is 4.06. The number of nitrogens with one attached hydrogen (secondary N) is 1. The van der Waals surface area contributed by atoms with Crippen LogP contribution in [-0.2, 0) is 6.42 Å². The van der Waals surface area contributed by atoms with Crippen LogP contribution in [0.25, 0.3) is 0 Å². The largest absolute Gasteiger partial charge is 0.310 e. The number of benzene rings is 2. The first-order valence-corrected chi connectivity index (χ1v) is 8.12. The van der Waals surface area contributed by atoms with Gasteiger partial charge in [-0.2, -0.15) is 0 Å². The van der Waals surface area contributed by atoms with Crippen molar-refractivity contribution in [3.8, 4) is 0 Å². The van der Waals surface area contributed by atoms with E-state index in [1.807, 2.05) is 19.1 Å². The molecule has 2 aromatic carbocycles. The van der Waals surface area contributed by atoms with Gasteiger partial charge in [0.2, 0.25) is 0 Å². The summed E-state index contributed by atoms with van der Waals surface area (Å²) >= 11 is 9.72. The van der Waals surface area contributed by atoms with E-state index in [-0.39, 0.29) is 11.9 Å². The van der Waals surface area contributed by atoms with E-state index in [1.54, 1.807) is 12.1 Å². The van der Waals surface area contributed by atoms with Crippen LogP contribution in [0, 0.1) is 12.7 Å². The van der Waals surface area contributed by atoms with Gasteiger partial charge >= 0.3 is 0 Å². The van der Waals surface area contributed by atoms with Crippen molar-refractivity contribution in [1.82, 2.24) is 5.32 Å². The maximum absolute atomic E-state index is 13.5. The SMILES string of the molecule is CCNC(Cc1cc(F)ccc1Br)c1cccc(Cl)c1C. The van der Waals surface area contributed by atoms with Gasteiger partial charge in [0.1, 0.15) is 5.82 Å². The van der Waals surface area contributed by atoms with Gasteiger partial charge < -0.3 is 5.32 Å².